The highest BCUT2D eigenvalue weighted by Crippen LogP contribution is 2.51. The second-order valence-corrected chi connectivity index (χ2v) is 8.19. The van der Waals surface area contributed by atoms with Crippen LogP contribution in [0.3, 0.4) is 0 Å². The molecule has 11 heteroatoms. The van der Waals surface area contributed by atoms with Crippen molar-refractivity contribution in [3.63, 3.8) is 0 Å². The molecule has 0 radical (unpaired) electrons. The van der Waals surface area contributed by atoms with Gasteiger partial charge < -0.3 is 19.7 Å². The summed E-state index contributed by atoms with van der Waals surface area (Å²) in [5, 5.41) is 19.1. The van der Waals surface area contributed by atoms with Crippen LogP contribution >= 0.6 is 0 Å². The highest BCUT2D eigenvalue weighted by molar-refractivity contribution is 6.03. The van der Waals surface area contributed by atoms with Crippen LogP contribution in [-0.2, 0) is 14.9 Å². The Labute approximate surface area is 220 Å². The molecule has 39 heavy (non-hydrogen) atoms. The first-order chi connectivity index (χ1) is 18.4. The molecular formula is C28H23F3O8. The predicted molar refractivity (Wildman–Crippen MR) is 131 cm³/mol. The first-order valence-corrected chi connectivity index (χ1v) is 11.6. The van der Waals surface area contributed by atoms with Crippen molar-refractivity contribution < 1.29 is 52.0 Å². The minimum absolute atomic E-state index is 0.162. The molecule has 0 aliphatic heterocycles. The Kier molecular flexibility index (Phi) is 8.43. The summed E-state index contributed by atoms with van der Waals surface area (Å²) >= 11 is 0. The molecule has 0 heterocycles. The number of ether oxygens (including phenoxy) is 2. The fourth-order valence-electron chi connectivity index (χ4n) is 4.36. The quantitative estimate of drug-likeness (QED) is 0.273. The lowest BCUT2D eigenvalue weighted by Gasteiger charge is -2.38. The summed E-state index contributed by atoms with van der Waals surface area (Å²) in [7, 11) is 0. The molecule has 0 saturated heterocycles. The Hall–Kier alpha value is -4.67. The highest BCUT2D eigenvalue weighted by atomic mass is 19.4. The second-order valence-electron chi connectivity index (χ2n) is 8.19. The molecule has 0 aliphatic rings. The molecule has 0 aromatic heterocycles. The predicted octanol–water partition coefficient (Wildman–Crippen LogP) is 5.33. The number of benzene rings is 3. The molecule has 0 bridgehead atoms. The molecule has 3 rings (SSSR count). The molecule has 2 N–H and O–H groups in total. The number of carbonyl (C=O) groups excluding carboxylic acids is 2. The molecule has 0 saturated carbocycles. The van der Waals surface area contributed by atoms with Crippen molar-refractivity contribution in [1.82, 2.24) is 0 Å². The highest BCUT2D eigenvalue weighted by Gasteiger charge is 2.58. The van der Waals surface area contributed by atoms with Crippen molar-refractivity contribution in [3.8, 4) is 0 Å². The number of rotatable bonds is 9. The van der Waals surface area contributed by atoms with Gasteiger partial charge in [0, 0.05) is 0 Å². The normalized spacial score (nSPS) is 11.5. The van der Waals surface area contributed by atoms with Crippen LogP contribution in [0, 0.1) is 0 Å². The third-order valence-corrected chi connectivity index (χ3v) is 5.99. The van der Waals surface area contributed by atoms with E-state index in [1.165, 1.54) is 44.2 Å². The van der Waals surface area contributed by atoms with E-state index in [2.05, 4.69) is 0 Å². The van der Waals surface area contributed by atoms with Gasteiger partial charge >= 0.3 is 30.1 Å². The van der Waals surface area contributed by atoms with Crippen LogP contribution in [0.25, 0.3) is 0 Å². The first-order valence-electron chi connectivity index (χ1n) is 11.6. The third kappa shape index (κ3) is 5.33. The van der Waals surface area contributed by atoms with E-state index in [0.717, 1.165) is 36.4 Å². The molecule has 3 aromatic carbocycles. The average molecular weight is 544 g/mol. The molecule has 0 spiro atoms. The lowest BCUT2D eigenvalue weighted by atomic mass is 9.67. The minimum Gasteiger partial charge on any atom is -0.478 e. The van der Waals surface area contributed by atoms with Crippen molar-refractivity contribution in [2.75, 3.05) is 13.2 Å². The van der Waals surface area contributed by atoms with Crippen LogP contribution in [-0.4, -0.2) is 53.5 Å². The van der Waals surface area contributed by atoms with Gasteiger partial charge in [0.25, 0.3) is 0 Å². The number of esters is 2. The van der Waals surface area contributed by atoms with E-state index in [4.69, 9.17) is 9.47 Å². The van der Waals surface area contributed by atoms with E-state index in [1.54, 1.807) is 0 Å². The van der Waals surface area contributed by atoms with Gasteiger partial charge in [-0.3, -0.25) is 0 Å². The van der Waals surface area contributed by atoms with Crippen molar-refractivity contribution in [2.24, 2.45) is 0 Å². The maximum atomic E-state index is 15.4. The van der Waals surface area contributed by atoms with E-state index in [1.807, 2.05) is 0 Å². The summed E-state index contributed by atoms with van der Waals surface area (Å²) < 4.78 is 56.1. The first kappa shape index (κ1) is 28.9. The Bertz CT molecular complexity index is 1330. The monoisotopic (exact) mass is 544 g/mol. The van der Waals surface area contributed by atoms with Crippen LogP contribution in [0.15, 0.2) is 66.7 Å². The Morgan fingerprint density at radius 3 is 1.38 bits per heavy atom. The zero-order chi connectivity index (χ0) is 29.0. The number of hydrogen-bond donors (Lipinski definition) is 2. The Balaban J connectivity index is 2.51. The third-order valence-electron chi connectivity index (χ3n) is 5.99. The zero-order valence-electron chi connectivity index (χ0n) is 20.7. The number of carboxylic acid groups (broad SMARTS) is 2. The molecule has 0 unspecified atom stereocenters. The van der Waals surface area contributed by atoms with E-state index < -0.39 is 68.8 Å². The zero-order valence-corrected chi connectivity index (χ0v) is 20.7. The smallest absolute Gasteiger partial charge is 0.406 e. The van der Waals surface area contributed by atoms with Gasteiger partial charge in [-0.1, -0.05) is 42.5 Å². The van der Waals surface area contributed by atoms with Crippen molar-refractivity contribution in [2.45, 2.75) is 25.4 Å². The number of carboxylic acids is 2. The number of halogens is 3. The van der Waals surface area contributed by atoms with Gasteiger partial charge in [0.05, 0.1) is 35.5 Å². The topological polar surface area (TPSA) is 127 Å². The van der Waals surface area contributed by atoms with E-state index >= 15 is 13.2 Å². The summed E-state index contributed by atoms with van der Waals surface area (Å²) in [4.78, 5) is 48.8. The lowest BCUT2D eigenvalue weighted by Crippen LogP contribution is -2.45. The van der Waals surface area contributed by atoms with Gasteiger partial charge in [-0.15, -0.1) is 0 Å². The van der Waals surface area contributed by atoms with Crippen LogP contribution in [0.2, 0.25) is 0 Å². The Morgan fingerprint density at radius 2 is 1.05 bits per heavy atom. The van der Waals surface area contributed by atoms with Gasteiger partial charge in [0.1, 0.15) is 5.41 Å². The van der Waals surface area contributed by atoms with E-state index in [0.29, 0.717) is 0 Å². The maximum Gasteiger partial charge on any atom is 0.406 e. The second kappa shape index (κ2) is 11.4. The van der Waals surface area contributed by atoms with Gasteiger partial charge in [-0.25, -0.2) is 19.2 Å². The molecule has 8 nitrogen and oxygen atoms in total. The molecule has 0 aliphatic carbocycles. The number of aromatic carboxylic acids is 2. The standard InChI is InChI=1S/C28H23F3O8/c1-3-38-25(36)21-14-17(10-12-19(21)23(32)33)27(28(29,30)31,16-8-6-5-7-9-16)18-11-13-20(24(34)35)22(15-18)26(37)39-4-2/h5-15H,3-4H2,1-2H3,(H,32,33)(H,34,35). The van der Waals surface area contributed by atoms with Crippen molar-refractivity contribution in [1.29, 1.82) is 0 Å². The molecule has 3 aromatic rings. The summed E-state index contributed by atoms with van der Waals surface area (Å²) in [6.07, 6.45) is -5.15. The number of carbonyl (C=O) groups is 4. The minimum atomic E-state index is -5.15. The van der Waals surface area contributed by atoms with Crippen LogP contribution in [0.1, 0.15) is 72.0 Å². The van der Waals surface area contributed by atoms with Crippen LogP contribution in [0.5, 0.6) is 0 Å². The fraction of sp³-hybridized carbons (Fsp3) is 0.214. The van der Waals surface area contributed by atoms with Crippen molar-refractivity contribution >= 4 is 23.9 Å². The number of alkyl halides is 3. The summed E-state index contributed by atoms with van der Waals surface area (Å²) in [6, 6.07) is 11.7. The molecular weight excluding hydrogens is 521 g/mol. The lowest BCUT2D eigenvalue weighted by molar-refractivity contribution is -0.166. The molecule has 0 fully saturated rings. The summed E-state index contributed by atoms with van der Waals surface area (Å²) in [6.45, 7) is 2.58. The van der Waals surface area contributed by atoms with Gasteiger partial charge in [-0.2, -0.15) is 13.2 Å². The number of hydrogen-bond acceptors (Lipinski definition) is 6. The van der Waals surface area contributed by atoms with E-state index in [9.17, 15) is 29.4 Å². The van der Waals surface area contributed by atoms with Gasteiger partial charge in [0.15, 0.2) is 0 Å². The van der Waals surface area contributed by atoms with Crippen LogP contribution < -0.4 is 0 Å². The molecule has 0 atom stereocenters. The summed E-state index contributed by atoms with van der Waals surface area (Å²) in [5.74, 6) is -5.40. The van der Waals surface area contributed by atoms with Gasteiger partial charge in [-0.05, 0) is 54.8 Å². The summed E-state index contributed by atoms with van der Waals surface area (Å²) in [5.41, 5.74) is -6.92. The van der Waals surface area contributed by atoms with E-state index in [-0.39, 0.29) is 18.8 Å². The molecule has 204 valence electrons. The van der Waals surface area contributed by atoms with Gasteiger partial charge in [0.2, 0.25) is 0 Å². The largest absolute Gasteiger partial charge is 0.478 e. The maximum absolute atomic E-state index is 15.4. The molecule has 0 amide bonds. The average Bonchev–Trinajstić information content (AvgIpc) is 2.89. The Morgan fingerprint density at radius 1 is 0.641 bits per heavy atom. The van der Waals surface area contributed by atoms with Crippen LogP contribution in [0.4, 0.5) is 13.2 Å². The fourth-order valence-corrected chi connectivity index (χ4v) is 4.36. The SMILES string of the molecule is CCOC(=O)c1cc(C(c2ccccc2)(c2ccc(C(=O)O)c(C(=O)OCC)c2)C(F)(F)F)ccc1C(=O)O. The van der Waals surface area contributed by atoms with Crippen molar-refractivity contribution in [3.05, 3.63) is 106 Å².